The molecule has 0 radical (unpaired) electrons. The van der Waals surface area contributed by atoms with Gasteiger partial charge in [0.25, 0.3) is 0 Å². The Morgan fingerprint density at radius 1 is 1.38 bits per heavy atom. The van der Waals surface area contributed by atoms with Gasteiger partial charge in [-0.05, 0) is 18.2 Å². The Hall–Kier alpha value is -1.29. The quantitative estimate of drug-likeness (QED) is 0.815. The summed E-state index contributed by atoms with van der Waals surface area (Å²) in [5.41, 5.74) is 0.890. The molecule has 1 heterocycles. The first kappa shape index (κ1) is 8.31. The van der Waals surface area contributed by atoms with Crippen molar-refractivity contribution >= 4 is 32.8 Å². The Bertz CT molecular complexity index is 475. The average molecular weight is 239 g/mol. The first-order chi connectivity index (χ1) is 6.16. The number of carbonyl (C=O) groups is 1. The Morgan fingerprint density at radius 2 is 2.15 bits per heavy atom. The van der Waals surface area contributed by atoms with Crippen molar-refractivity contribution < 1.29 is 9.90 Å². The molecule has 0 amide bonds. The molecule has 0 bridgehead atoms. The molecule has 66 valence electrons. The van der Waals surface area contributed by atoms with Gasteiger partial charge in [-0.1, -0.05) is 22.0 Å². The van der Waals surface area contributed by atoms with Crippen LogP contribution < -0.4 is 5.11 Å². The zero-order valence-corrected chi connectivity index (χ0v) is 8.09. The fourth-order valence-electron chi connectivity index (χ4n) is 1.21. The van der Waals surface area contributed by atoms with Crippen molar-refractivity contribution in [1.82, 2.24) is 4.98 Å². The summed E-state index contributed by atoms with van der Waals surface area (Å²) in [6.07, 6.45) is 0. The fraction of sp³-hybridized carbons (Fsp3) is 0. The average Bonchev–Trinajstić information content (AvgIpc) is 2.46. The van der Waals surface area contributed by atoms with Crippen LogP contribution in [0.3, 0.4) is 0 Å². The molecule has 0 fully saturated rings. The lowest BCUT2D eigenvalue weighted by Gasteiger charge is -1.94. The topological polar surface area (TPSA) is 55.9 Å². The number of aromatic amines is 1. The lowest BCUT2D eigenvalue weighted by Crippen LogP contribution is -2.22. The van der Waals surface area contributed by atoms with Gasteiger partial charge in [0.15, 0.2) is 0 Å². The number of hydrogen-bond acceptors (Lipinski definition) is 2. The van der Waals surface area contributed by atoms with Gasteiger partial charge in [0.05, 0.1) is 11.7 Å². The van der Waals surface area contributed by atoms with Crippen molar-refractivity contribution in [3.8, 4) is 0 Å². The maximum absolute atomic E-state index is 10.5. The highest BCUT2D eigenvalue weighted by molar-refractivity contribution is 9.10. The van der Waals surface area contributed by atoms with E-state index < -0.39 is 5.97 Å². The molecule has 0 aliphatic rings. The number of rotatable bonds is 1. The zero-order chi connectivity index (χ0) is 9.42. The van der Waals surface area contributed by atoms with E-state index in [4.69, 9.17) is 0 Å². The number of aromatic nitrogens is 1. The van der Waals surface area contributed by atoms with Crippen molar-refractivity contribution in [2.24, 2.45) is 0 Å². The van der Waals surface area contributed by atoms with Crippen molar-refractivity contribution in [3.63, 3.8) is 0 Å². The maximum atomic E-state index is 10.5. The summed E-state index contributed by atoms with van der Waals surface area (Å²) in [6, 6.07) is 7.07. The van der Waals surface area contributed by atoms with E-state index in [1.165, 1.54) is 0 Å². The smallest absolute Gasteiger partial charge is 0.0878 e. The second-order valence-electron chi connectivity index (χ2n) is 2.70. The molecule has 0 unspecified atom stereocenters. The molecular weight excluding hydrogens is 234 g/mol. The van der Waals surface area contributed by atoms with Gasteiger partial charge in [-0.15, -0.1) is 0 Å². The van der Waals surface area contributed by atoms with E-state index in [0.717, 1.165) is 15.4 Å². The lowest BCUT2D eigenvalue weighted by molar-refractivity contribution is -0.255. The molecule has 1 N–H and O–H groups in total. The van der Waals surface area contributed by atoms with E-state index >= 15 is 0 Å². The summed E-state index contributed by atoms with van der Waals surface area (Å²) in [6.45, 7) is 0. The number of carbonyl (C=O) groups excluding carboxylic acids is 1. The molecule has 13 heavy (non-hydrogen) atoms. The van der Waals surface area contributed by atoms with Crippen LogP contribution in [0.1, 0.15) is 10.5 Å². The molecule has 0 saturated carbocycles. The third-order valence-electron chi connectivity index (χ3n) is 1.80. The summed E-state index contributed by atoms with van der Waals surface area (Å²) in [5.74, 6) is -1.19. The highest BCUT2D eigenvalue weighted by Crippen LogP contribution is 2.19. The van der Waals surface area contributed by atoms with Gasteiger partial charge in [0.1, 0.15) is 0 Å². The number of carboxylic acid groups (broad SMARTS) is 1. The Balaban J connectivity index is 2.68. The third-order valence-corrected chi connectivity index (χ3v) is 2.30. The van der Waals surface area contributed by atoms with Crippen LogP contribution in [0, 0.1) is 0 Å². The predicted molar refractivity (Wildman–Crippen MR) is 50.3 cm³/mol. The fourth-order valence-corrected chi connectivity index (χ4v) is 1.57. The second kappa shape index (κ2) is 2.88. The van der Waals surface area contributed by atoms with E-state index in [1.807, 2.05) is 18.2 Å². The largest absolute Gasteiger partial charge is 0.543 e. The van der Waals surface area contributed by atoms with Crippen molar-refractivity contribution in [2.75, 3.05) is 0 Å². The standard InChI is InChI=1S/C9H6BrNO2/c10-6-2-1-5-3-8(9(12)13)11-7(5)4-6/h1-4,11H,(H,12,13)/p-1. The molecule has 0 aliphatic carbocycles. The van der Waals surface area contributed by atoms with Crippen LogP contribution in [0.4, 0.5) is 0 Å². The van der Waals surface area contributed by atoms with Crippen LogP contribution in [-0.4, -0.2) is 11.0 Å². The van der Waals surface area contributed by atoms with Crippen LogP contribution in [0.25, 0.3) is 10.9 Å². The molecule has 0 atom stereocenters. The van der Waals surface area contributed by atoms with Gasteiger partial charge in [0.2, 0.25) is 0 Å². The third kappa shape index (κ3) is 1.45. The minimum absolute atomic E-state index is 0.105. The molecule has 3 nitrogen and oxygen atoms in total. The summed E-state index contributed by atoms with van der Waals surface area (Å²) in [4.78, 5) is 13.2. The van der Waals surface area contributed by atoms with Gasteiger partial charge in [-0.25, -0.2) is 0 Å². The molecule has 0 spiro atoms. The van der Waals surface area contributed by atoms with Crippen molar-refractivity contribution in [3.05, 3.63) is 34.4 Å². The summed E-state index contributed by atoms with van der Waals surface area (Å²) < 4.78 is 0.909. The first-order valence-corrected chi connectivity index (χ1v) is 4.46. The molecule has 1 aromatic carbocycles. The lowest BCUT2D eigenvalue weighted by atomic mass is 10.2. The SMILES string of the molecule is O=C([O-])c1cc2ccc(Br)cc2[nH]1. The van der Waals surface area contributed by atoms with E-state index in [0.29, 0.717) is 0 Å². The summed E-state index contributed by atoms with van der Waals surface area (Å²) in [5, 5.41) is 11.4. The van der Waals surface area contributed by atoms with Crippen molar-refractivity contribution in [2.45, 2.75) is 0 Å². The zero-order valence-electron chi connectivity index (χ0n) is 6.50. The van der Waals surface area contributed by atoms with Gasteiger partial charge < -0.3 is 14.9 Å². The summed E-state index contributed by atoms with van der Waals surface area (Å²) >= 11 is 3.30. The second-order valence-corrected chi connectivity index (χ2v) is 3.62. The van der Waals surface area contributed by atoms with E-state index in [-0.39, 0.29) is 5.69 Å². The number of hydrogen-bond donors (Lipinski definition) is 1. The van der Waals surface area contributed by atoms with Crippen LogP contribution in [-0.2, 0) is 0 Å². The number of halogens is 1. The maximum Gasteiger partial charge on any atom is 0.0878 e. The van der Waals surface area contributed by atoms with Gasteiger partial charge in [0, 0.05) is 15.4 Å². The summed E-state index contributed by atoms with van der Waals surface area (Å²) in [7, 11) is 0. The Kier molecular flexibility index (Phi) is 1.84. The number of aromatic carboxylic acids is 1. The number of carboxylic acids is 1. The van der Waals surface area contributed by atoms with Crippen molar-refractivity contribution in [1.29, 1.82) is 0 Å². The molecular formula is C9H5BrNO2-. The van der Waals surface area contributed by atoms with Crippen LogP contribution in [0.15, 0.2) is 28.7 Å². The van der Waals surface area contributed by atoms with Gasteiger partial charge in [-0.3, -0.25) is 0 Å². The Labute approximate surface area is 82.5 Å². The predicted octanol–water partition coefficient (Wildman–Crippen LogP) is 1.29. The molecule has 0 saturated heterocycles. The van der Waals surface area contributed by atoms with Crippen LogP contribution in [0.2, 0.25) is 0 Å². The number of fused-ring (bicyclic) bond motifs is 1. The van der Waals surface area contributed by atoms with Crippen LogP contribution in [0.5, 0.6) is 0 Å². The minimum Gasteiger partial charge on any atom is -0.543 e. The molecule has 2 rings (SSSR count). The molecule has 4 heteroatoms. The van der Waals surface area contributed by atoms with Gasteiger partial charge >= 0.3 is 0 Å². The minimum atomic E-state index is -1.19. The van der Waals surface area contributed by atoms with E-state index in [1.54, 1.807) is 6.07 Å². The normalized spacial score (nSPS) is 10.5. The van der Waals surface area contributed by atoms with E-state index in [9.17, 15) is 9.90 Å². The Morgan fingerprint density at radius 3 is 2.85 bits per heavy atom. The number of benzene rings is 1. The molecule has 0 aliphatic heterocycles. The first-order valence-electron chi connectivity index (χ1n) is 3.66. The molecule has 2 aromatic rings. The highest BCUT2D eigenvalue weighted by Gasteiger charge is 2.00. The van der Waals surface area contributed by atoms with Crippen LogP contribution >= 0.6 is 15.9 Å². The number of nitrogens with one attached hydrogen (secondary N) is 1. The molecule has 1 aromatic heterocycles. The highest BCUT2D eigenvalue weighted by atomic mass is 79.9. The van der Waals surface area contributed by atoms with Gasteiger partial charge in [-0.2, -0.15) is 0 Å². The monoisotopic (exact) mass is 238 g/mol. The number of H-pyrrole nitrogens is 1. The van der Waals surface area contributed by atoms with E-state index in [2.05, 4.69) is 20.9 Å².